The Hall–Kier alpha value is -2.84. The average molecular weight is 424 g/mol. The number of benzene rings is 2. The van der Waals surface area contributed by atoms with Crippen LogP contribution in [-0.4, -0.2) is 59.1 Å². The summed E-state index contributed by atoms with van der Waals surface area (Å²) >= 11 is 0. The van der Waals surface area contributed by atoms with E-state index in [-0.39, 0.29) is 18.0 Å². The Morgan fingerprint density at radius 1 is 1.06 bits per heavy atom. The lowest BCUT2D eigenvalue weighted by atomic mass is 10.0. The van der Waals surface area contributed by atoms with Crippen LogP contribution in [0, 0.1) is 5.82 Å². The van der Waals surface area contributed by atoms with E-state index in [9.17, 15) is 4.39 Å². The number of nitrogens with one attached hydrogen (secondary N) is 1. The number of anilines is 1. The smallest absolute Gasteiger partial charge is 0.214 e. The van der Waals surface area contributed by atoms with E-state index in [1.54, 1.807) is 0 Å². The quantitative estimate of drug-likeness (QED) is 0.651. The molecule has 5 rings (SSSR count). The molecule has 8 heteroatoms. The summed E-state index contributed by atoms with van der Waals surface area (Å²) in [6.45, 7) is 5.25. The second-order valence-electron chi connectivity index (χ2n) is 8.32. The van der Waals surface area contributed by atoms with Crippen LogP contribution in [0.2, 0.25) is 0 Å². The molecule has 2 aliphatic heterocycles. The number of aromatic nitrogens is 4. The number of nitrogens with zero attached hydrogens (tertiary/aromatic N) is 5. The van der Waals surface area contributed by atoms with E-state index in [4.69, 9.17) is 4.74 Å². The van der Waals surface area contributed by atoms with Crippen molar-refractivity contribution in [3.05, 3.63) is 71.8 Å². The molecule has 0 aliphatic carbocycles. The van der Waals surface area contributed by atoms with E-state index in [1.807, 2.05) is 22.9 Å². The number of rotatable bonds is 6. The number of hydrogen-bond acceptors (Lipinski definition) is 5. The molecule has 0 spiro atoms. The lowest BCUT2D eigenvalue weighted by Crippen LogP contribution is -3.15. The number of tetrazole rings is 1. The highest BCUT2D eigenvalue weighted by Gasteiger charge is 2.35. The van der Waals surface area contributed by atoms with Gasteiger partial charge in [-0.3, -0.25) is 0 Å². The molecule has 2 aliphatic rings. The molecule has 1 aromatic heterocycles. The number of hydrogen-bond donors (Lipinski definition) is 1. The van der Waals surface area contributed by atoms with Crippen LogP contribution >= 0.6 is 0 Å². The van der Waals surface area contributed by atoms with E-state index >= 15 is 0 Å². The van der Waals surface area contributed by atoms with E-state index in [0.717, 1.165) is 57.0 Å². The van der Waals surface area contributed by atoms with Crippen molar-refractivity contribution in [3.8, 4) is 0 Å². The Morgan fingerprint density at radius 2 is 1.84 bits per heavy atom. The van der Waals surface area contributed by atoms with Gasteiger partial charge >= 0.3 is 0 Å². The fraction of sp³-hybridized carbons (Fsp3) is 0.435. The summed E-state index contributed by atoms with van der Waals surface area (Å²) in [6.07, 6.45) is 2.26. The van der Waals surface area contributed by atoms with Crippen LogP contribution in [0.3, 0.4) is 0 Å². The molecule has 2 atom stereocenters. The van der Waals surface area contributed by atoms with Gasteiger partial charge in [-0.15, -0.1) is 5.10 Å². The normalized spacial score (nSPS) is 20.8. The van der Waals surface area contributed by atoms with Gasteiger partial charge in [0.2, 0.25) is 5.82 Å². The molecular weight excluding hydrogens is 395 g/mol. The molecule has 2 aromatic carbocycles. The second-order valence-corrected chi connectivity index (χ2v) is 8.32. The summed E-state index contributed by atoms with van der Waals surface area (Å²) in [7, 11) is 0. The number of ether oxygens (including phenoxy) is 1. The minimum atomic E-state index is -0.231. The lowest BCUT2D eigenvalue weighted by molar-refractivity contribution is -0.927. The Kier molecular flexibility index (Phi) is 5.90. The van der Waals surface area contributed by atoms with Gasteiger partial charge in [0.05, 0.1) is 38.8 Å². The summed E-state index contributed by atoms with van der Waals surface area (Å²) in [4.78, 5) is 3.81. The largest absolute Gasteiger partial charge is 0.376 e. The van der Waals surface area contributed by atoms with Crippen molar-refractivity contribution in [1.29, 1.82) is 0 Å². The minimum Gasteiger partial charge on any atom is -0.376 e. The fourth-order valence-electron chi connectivity index (χ4n) is 4.73. The highest BCUT2D eigenvalue weighted by molar-refractivity contribution is 5.46. The Bertz CT molecular complexity index is 965. The van der Waals surface area contributed by atoms with Crippen molar-refractivity contribution in [2.24, 2.45) is 0 Å². The number of quaternary nitrogens is 1. The highest BCUT2D eigenvalue weighted by Crippen LogP contribution is 2.21. The van der Waals surface area contributed by atoms with Gasteiger partial charge in [-0.2, -0.15) is 0 Å². The molecule has 0 radical (unpaired) electrons. The molecule has 7 nitrogen and oxygen atoms in total. The van der Waals surface area contributed by atoms with E-state index in [1.165, 1.54) is 22.7 Å². The summed E-state index contributed by atoms with van der Waals surface area (Å²) in [6, 6.07) is 17.2. The van der Waals surface area contributed by atoms with Crippen LogP contribution in [0.1, 0.15) is 30.3 Å². The molecule has 1 N–H and O–H groups in total. The van der Waals surface area contributed by atoms with Crippen LogP contribution in [0.5, 0.6) is 0 Å². The second kappa shape index (κ2) is 9.11. The molecule has 0 unspecified atom stereocenters. The first kappa shape index (κ1) is 20.1. The number of piperazine rings is 1. The zero-order valence-electron chi connectivity index (χ0n) is 17.5. The van der Waals surface area contributed by atoms with Crippen LogP contribution in [0.15, 0.2) is 54.6 Å². The molecule has 2 fully saturated rings. The standard InChI is InChI=1S/C23H27FN6O/c24-19-10-8-18(9-11-19)22(23-25-26-27-30(23)17-21-7-4-16-31-21)29-14-12-28(13-15-29)20-5-2-1-3-6-20/h1-3,5-6,8-11,21-22H,4,7,12-17H2/p+1/t21-,22+/m0/s1. The zero-order valence-corrected chi connectivity index (χ0v) is 17.5. The molecule has 162 valence electrons. The zero-order chi connectivity index (χ0) is 21.0. The third-order valence-corrected chi connectivity index (χ3v) is 6.36. The Labute approximate surface area is 181 Å². The van der Waals surface area contributed by atoms with Gasteiger partial charge in [-0.1, -0.05) is 18.2 Å². The third kappa shape index (κ3) is 4.45. The van der Waals surface area contributed by atoms with Crippen LogP contribution in [0.4, 0.5) is 10.1 Å². The predicted molar refractivity (Wildman–Crippen MR) is 114 cm³/mol. The summed E-state index contributed by atoms with van der Waals surface area (Å²) in [5.41, 5.74) is 2.29. The average Bonchev–Trinajstić information content (AvgIpc) is 3.49. The maximum absolute atomic E-state index is 13.6. The van der Waals surface area contributed by atoms with Crippen molar-refractivity contribution in [2.45, 2.75) is 31.5 Å². The topological polar surface area (TPSA) is 60.5 Å². The fourth-order valence-corrected chi connectivity index (χ4v) is 4.73. The third-order valence-electron chi connectivity index (χ3n) is 6.36. The van der Waals surface area contributed by atoms with E-state index in [2.05, 4.69) is 44.7 Å². The number of para-hydroxylation sites is 1. The van der Waals surface area contributed by atoms with Crippen molar-refractivity contribution >= 4 is 5.69 Å². The van der Waals surface area contributed by atoms with Gasteiger partial charge in [-0.25, -0.2) is 9.07 Å². The SMILES string of the molecule is Fc1ccc([C@H](c2nnnn2C[C@@H]2CCCO2)[NH+]2CCN(c3ccccc3)CC2)cc1. The van der Waals surface area contributed by atoms with Crippen molar-refractivity contribution in [1.82, 2.24) is 20.2 Å². The first-order valence-corrected chi connectivity index (χ1v) is 11.1. The van der Waals surface area contributed by atoms with Gasteiger partial charge in [-0.05, 0) is 59.7 Å². The van der Waals surface area contributed by atoms with E-state index < -0.39 is 0 Å². The van der Waals surface area contributed by atoms with Crippen molar-refractivity contribution in [2.75, 3.05) is 37.7 Å². The molecule has 0 amide bonds. The Morgan fingerprint density at radius 3 is 2.55 bits per heavy atom. The first-order chi connectivity index (χ1) is 15.3. The molecular formula is C23H28FN6O+. The molecule has 2 saturated heterocycles. The lowest BCUT2D eigenvalue weighted by Gasteiger charge is -2.37. The molecule has 31 heavy (non-hydrogen) atoms. The van der Waals surface area contributed by atoms with Gasteiger partial charge in [0.1, 0.15) is 5.82 Å². The van der Waals surface area contributed by atoms with Gasteiger partial charge in [0.25, 0.3) is 0 Å². The monoisotopic (exact) mass is 423 g/mol. The summed E-state index contributed by atoms with van der Waals surface area (Å²) in [5, 5.41) is 12.7. The van der Waals surface area contributed by atoms with Crippen LogP contribution in [0.25, 0.3) is 0 Å². The van der Waals surface area contributed by atoms with Crippen LogP contribution in [-0.2, 0) is 11.3 Å². The van der Waals surface area contributed by atoms with Gasteiger partial charge < -0.3 is 14.5 Å². The maximum Gasteiger partial charge on any atom is 0.214 e. The van der Waals surface area contributed by atoms with E-state index in [0.29, 0.717) is 6.54 Å². The van der Waals surface area contributed by atoms with Gasteiger partial charge in [0, 0.05) is 17.9 Å². The van der Waals surface area contributed by atoms with Crippen LogP contribution < -0.4 is 9.80 Å². The summed E-state index contributed by atoms with van der Waals surface area (Å²) < 4.78 is 21.3. The first-order valence-electron chi connectivity index (χ1n) is 11.1. The molecule has 0 saturated carbocycles. The maximum atomic E-state index is 13.6. The summed E-state index contributed by atoms with van der Waals surface area (Å²) in [5.74, 6) is 0.593. The molecule has 3 heterocycles. The highest BCUT2D eigenvalue weighted by atomic mass is 19.1. The van der Waals surface area contributed by atoms with Gasteiger partial charge in [0.15, 0.2) is 6.04 Å². The van der Waals surface area contributed by atoms with Crippen molar-refractivity contribution < 1.29 is 14.0 Å². The van der Waals surface area contributed by atoms with Crippen molar-refractivity contribution in [3.63, 3.8) is 0 Å². The predicted octanol–water partition coefficient (Wildman–Crippen LogP) is 1.49. The Balaban J connectivity index is 1.40. The minimum absolute atomic E-state index is 0.0464. The number of halogens is 1. The molecule has 0 bridgehead atoms. The molecule has 3 aromatic rings.